The maximum atomic E-state index is 5.71. The third kappa shape index (κ3) is 4.10. The predicted octanol–water partition coefficient (Wildman–Crippen LogP) is 4.58. The Balaban J connectivity index is 2.00. The van der Waals surface area contributed by atoms with E-state index < -0.39 is 0 Å². The minimum absolute atomic E-state index is 0.575. The second-order valence-electron chi connectivity index (χ2n) is 6.41. The Bertz CT molecular complexity index is 344. The van der Waals surface area contributed by atoms with E-state index in [-0.39, 0.29) is 0 Å². The molecule has 2 rings (SSSR count). The average molecular weight is 263 g/mol. The quantitative estimate of drug-likeness (QED) is 0.813. The highest BCUT2D eigenvalue weighted by molar-refractivity contribution is 5.09. The summed E-state index contributed by atoms with van der Waals surface area (Å²) in [6.07, 6.45) is 8.56. The highest BCUT2D eigenvalue weighted by atomic mass is 16.3. The molecule has 1 saturated carbocycles. The monoisotopic (exact) mass is 263 g/mol. The van der Waals surface area contributed by atoms with E-state index in [0.29, 0.717) is 12.0 Å². The maximum absolute atomic E-state index is 5.71. The third-order valence-corrected chi connectivity index (χ3v) is 4.50. The summed E-state index contributed by atoms with van der Waals surface area (Å²) in [5.41, 5.74) is 0. The number of hydrogen-bond donors (Lipinski definition) is 1. The van der Waals surface area contributed by atoms with Gasteiger partial charge < -0.3 is 9.73 Å². The SMILES string of the molecule is CCCC1CCC(CNC(C)C)C(c2ccco2)C1. The van der Waals surface area contributed by atoms with Gasteiger partial charge in [0.25, 0.3) is 0 Å². The van der Waals surface area contributed by atoms with Crippen LogP contribution in [0.3, 0.4) is 0 Å². The van der Waals surface area contributed by atoms with Crippen LogP contribution in [-0.4, -0.2) is 12.6 Å². The molecule has 3 unspecified atom stereocenters. The van der Waals surface area contributed by atoms with Crippen molar-refractivity contribution in [3.63, 3.8) is 0 Å². The van der Waals surface area contributed by atoms with E-state index in [1.54, 1.807) is 0 Å². The second kappa shape index (κ2) is 7.14. The van der Waals surface area contributed by atoms with Gasteiger partial charge in [0.2, 0.25) is 0 Å². The van der Waals surface area contributed by atoms with Gasteiger partial charge in [-0.05, 0) is 43.4 Å². The minimum atomic E-state index is 0.575. The Morgan fingerprint density at radius 3 is 2.84 bits per heavy atom. The molecule has 1 heterocycles. The molecule has 1 fully saturated rings. The number of nitrogens with one attached hydrogen (secondary N) is 1. The zero-order valence-corrected chi connectivity index (χ0v) is 12.7. The highest BCUT2D eigenvalue weighted by Gasteiger charge is 2.32. The standard InChI is InChI=1S/C17H29NO/c1-4-6-14-8-9-15(12-18-13(2)3)16(11-14)17-7-5-10-19-17/h5,7,10,13-16,18H,4,6,8-9,11-12H2,1-3H3. The molecule has 2 heteroatoms. The van der Waals surface area contributed by atoms with Crippen LogP contribution in [-0.2, 0) is 0 Å². The van der Waals surface area contributed by atoms with Crippen LogP contribution in [0.4, 0.5) is 0 Å². The van der Waals surface area contributed by atoms with Crippen molar-refractivity contribution in [3.8, 4) is 0 Å². The van der Waals surface area contributed by atoms with Crippen molar-refractivity contribution in [2.45, 2.75) is 64.8 Å². The molecule has 1 N–H and O–H groups in total. The molecule has 2 nitrogen and oxygen atoms in total. The van der Waals surface area contributed by atoms with E-state index in [1.807, 2.05) is 12.3 Å². The smallest absolute Gasteiger partial charge is 0.107 e. The summed E-state index contributed by atoms with van der Waals surface area (Å²) in [7, 11) is 0. The van der Waals surface area contributed by atoms with Gasteiger partial charge in [-0.1, -0.05) is 40.0 Å². The van der Waals surface area contributed by atoms with Crippen LogP contribution >= 0.6 is 0 Å². The summed E-state index contributed by atoms with van der Waals surface area (Å²) < 4.78 is 5.71. The lowest BCUT2D eigenvalue weighted by atomic mass is 9.71. The zero-order chi connectivity index (χ0) is 13.7. The largest absolute Gasteiger partial charge is 0.469 e. The third-order valence-electron chi connectivity index (χ3n) is 4.50. The first-order chi connectivity index (χ1) is 9.20. The lowest BCUT2D eigenvalue weighted by Crippen LogP contribution is -2.35. The molecular formula is C17H29NO. The molecule has 3 atom stereocenters. The van der Waals surface area contributed by atoms with Gasteiger partial charge in [-0.25, -0.2) is 0 Å². The normalized spacial score (nSPS) is 27.9. The Kier molecular flexibility index (Phi) is 5.50. The maximum Gasteiger partial charge on any atom is 0.107 e. The first-order valence-corrected chi connectivity index (χ1v) is 7.97. The van der Waals surface area contributed by atoms with E-state index in [1.165, 1.54) is 37.9 Å². The van der Waals surface area contributed by atoms with Gasteiger partial charge in [-0.2, -0.15) is 0 Å². The van der Waals surface area contributed by atoms with Gasteiger partial charge in [0.1, 0.15) is 5.76 Å². The fourth-order valence-electron chi connectivity index (χ4n) is 3.47. The van der Waals surface area contributed by atoms with Crippen molar-refractivity contribution in [2.75, 3.05) is 6.54 Å². The van der Waals surface area contributed by atoms with Gasteiger partial charge in [-0.15, -0.1) is 0 Å². The molecule has 0 radical (unpaired) electrons. The highest BCUT2D eigenvalue weighted by Crippen LogP contribution is 2.42. The Labute approximate surface area is 118 Å². The van der Waals surface area contributed by atoms with E-state index in [4.69, 9.17) is 4.42 Å². The van der Waals surface area contributed by atoms with Gasteiger partial charge >= 0.3 is 0 Å². The zero-order valence-electron chi connectivity index (χ0n) is 12.7. The molecule has 1 aliphatic rings. The predicted molar refractivity (Wildman–Crippen MR) is 80.3 cm³/mol. The van der Waals surface area contributed by atoms with Crippen LogP contribution in [0.25, 0.3) is 0 Å². The molecule has 0 spiro atoms. The van der Waals surface area contributed by atoms with Gasteiger partial charge in [0.15, 0.2) is 0 Å². The van der Waals surface area contributed by atoms with Gasteiger partial charge in [-0.3, -0.25) is 0 Å². The lowest BCUT2D eigenvalue weighted by Gasteiger charge is -2.35. The van der Waals surface area contributed by atoms with Crippen LogP contribution in [0.5, 0.6) is 0 Å². The fraction of sp³-hybridized carbons (Fsp3) is 0.765. The van der Waals surface area contributed by atoms with Gasteiger partial charge in [0, 0.05) is 12.0 Å². The van der Waals surface area contributed by atoms with E-state index >= 15 is 0 Å². The Morgan fingerprint density at radius 2 is 2.21 bits per heavy atom. The van der Waals surface area contributed by atoms with Crippen molar-refractivity contribution in [1.29, 1.82) is 0 Å². The summed E-state index contributed by atoms with van der Waals surface area (Å²) in [5, 5.41) is 3.61. The van der Waals surface area contributed by atoms with Gasteiger partial charge in [0.05, 0.1) is 6.26 Å². The summed E-state index contributed by atoms with van der Waals surface area (Å²) in [6.45, 7) is 7.88. The molecule has 0 saturated heterocycles. The fourth-order valence-corrected chi connectivity index (χ4v) is 3.47. The molecule has 0 bridgehead atoms. The first kappa shape index (κ1) is 14.6. The molecule has 0 aliphatic heterocycles. The van der Waals surface area contributed by atoms with Crippen molar-refractivity contribution >= 4 is 0 Å². The van der Waals surface area contributed by atoms with Crippen molar-refractivity contribution < 1.29 is 4.42 Å². The molecule has 108 valence electrons. The topological polar surface area (TPSA) is 25.2 Å². The average Bonchev–Trinajstić information content (AvgIpc) is 2.91. The number of rotatable bonds is 6. The first-order valence-electron chi connectivity index (χ1n) is 7.97. The second-order valence-corrected chi connectivity index (χ2v) is 6.41. The molecule has 1 aromatic heterocycles. The summed E-state index contributed by atoms with van der Waals surface area (Å²) in [6, 6.07) is 4.78. The van der Waals surface area contributed by atoms with Crippen molar-refractivity contribution in [1.82, 2.24) is 5.32 Å². The van der Waals surface area contributed by atoms with Crippen molar-refractivity contribution in [3.05, 3.63) is 24.2 Å². The molecule has 0 amide bonds. The summed E-state index contributed by atoms with van der Waals surface area (Å²) in [4.78, 5) is 0. The minimum Gasteiger partial charge on any atom is -0.469 e. The van der Waals surface area contributed by atoms with Crippen LogP contribution in [0.15, 0.2) is 22.8 Å². The molecule has 1 aliphatic carbocycles. The summed E-state index contributed by atoms with van der Waals surface area (Å²) >= 11 is 0. The molecular weight excluding hydrogens is 234 g/mol. The van der Waals surface area contributed by atoms with Crippen LogP contribution in [0.1, 0.15) is 64.6 Å². The molecule has 0 aromatic carbocycles. The van der Waals surface area contributed by atoms with Crippen molar-refractivity contribution in [2.24, 2.45) is 11.8 Å². The molecule has 19 heavy (non-hydrogen) atoms. The molecule has 1 aromatic rings. The lowest BCUT2D eigenvalue weighted by molar-refractivity contribution is 0.198. The Hall–Kier alpha value is -0.760. The Morgan fingerprint density at radius 1 is 1.37 bits per heavy atom. The van der Waals surface area contributed by atoms with Crippen LogP contribution in [0, 0.1) is 11.8 Å². The van der Waals surface area contributed by atoms with Crippen LogP contribution in [0.2, 0.25) is 0 Å². The van der Waals surface area contributed by atoms with E-state index in [9.17, 15) is 0 Å². The number of hydrogen-bond acceptors (Lipinski definition) is 2. The van der Waals surface area contributed by atoms with Crippen LogP contribution < -0.4 is 5.32 Å². The number of furan rings is 1. The summed E-state index contributed by atoms with van der Waals surface area (Å²) in [5.74, 6) is 3.46. The van der Waals surface area contributed by atoms with E-state index in [0.717, 1.165) is 18.4 Å². The van der Waals surface area contributed by atoms with E-state index in [2.05, 4.69) is 32.2 Å².